The van der Waals surface area contributed by atoms with Crippen LogP contribution in [0.25, 0.3) is 0 Å². The van der Waals surface area contributed by atoms with Crippen molar-refractivity contribution in [2.24, 2.45) is 5.92 Å². The van der Waals surface area contributed by atoms with Gasteiger partial charge in [0, 0.05) is 38.6 Å². The Morgan fingerprint density at radius 1 is 1.50 bits per heavy atom. The number of likely N-dealkylation sites (tertiary alicyclic amines) is 1. The smallest absolute Gasteiger partial charge is 0.239 e. The largest absolute Gasteiger partial charge is 0.395 e. The van der Waals surface area contributed by atoms with Crippen LogP contribution < -0.4 is 0 Å². The maximum Gasteiger partial charge on any atom is 0.239 e. The van der Waals surface area contributed by atoms with E-state index < -0.39 is 0 Å². The molecule has 5 heteroatoms. The molecular weight excluding hydrogens is 278 g/mol. The second-order valence-corrected chi connectivity index (χ2v) is 6.24. The van der Waals surface area contributed by atoms with E-state index in [1.165, 1.54) is 0 Å². The van der Waals surface area contributed by atoms with Crippen molar-refractivity contribution in [2.45, 2.75) is 39.3 Å². The van der Waals surface area contributed by atoms with Gasteiger partial charge in [0.15, 0.2) is 0 Å². The van der Waals surface area contributed by atoms with Crippen LogP contribution in [0.4, 0.5) is 0 Å². The minimum Gasteiger partial charge on any atom is -0.395 e. The Labute approximate surface area is 132 Å². The number of aliphatic hydroxyl groups is 1. The number of piperidine rings is 1. The minimum absolute atomic E-state index is 0.0505. The zero-order chi connectivity index (χ0) is 15.9. The van der Waals surface area contributed by atoms with Gasteiger partial charge in [-0.3, -0.25) is 14.7 Å². The van der Waals surface area contributed by atoms with E-state index in [1.807, 2.05) is 35.1 Å². The summed E-state index contributed by atoms with van der Waals surface area (Å²) >= 11 is 0. The van der Waals surface area contributed by atoms with Crippen molar-refractivity contribution in [1.29, 1.82) is 0 Å². The molecule has 0 bridgehead atoms. The van der Waals surface area contributed by atoms with Crippen molar-refractivity contribution >= 4 is 5.91 Å². The molecule has 1 fully saturated rings. The maximum atomic E-state index is 12.7. The van der Waals surface area contributed by atoms with E-state index >= 15 is 0 Å². The van der Waals surface area contributed by atoms with E-state index in [1.54, 1.807) is 6.20 Å². The number of rotatable bonds is 6. The van der Waals surface area contributed by atoms with Crippen molar-refractivity contribution in [2.75, 3.05) is 26.2 Å². The molecule has 1 N–H and O–H groups in total. The summed E-state index contributed by atoms with van der Waals surface area (Å²) < 4.78 is 0. The van der Waals surface area contributed by atoms with Crippen molar-refractivity contribution in [1.82, 2.24) is 14.8 Å². The zero-order valence-electron chi connectivity index (χ0n) is 13.6. The zero-order valence-corrected chi connectivity index (χ0v) is 13.6. The van der Waals surface area contributed by atoms with Gasteiger partial charge in [0.05, 0.1) is 12.6 Å². The Balaban J connectivity index is 1.99. The van der Waals surface area contributed by atoms with Crippen LogP contribution in [0.2, 0.25) is 0 Å². The SMILES string of the molecule is CC1CCN(C(=O)C(C)N(CCO)Cc2cccnc2)CC1. The lowest BCUT2D eigenvalue weighted by atomic mass is 9.98. The molecule has 0 radical (unpaired) electrons. The lowest BCUT2D eigenvalue weighted by Gasteiger charge is -2.35. The third-order valence-corrected chi connectivity index (χ3v) is 4.50. The summed E-state index contributed by atoms with van der Waals surface area (Å²) in [5.74, 6) is 0.882. The van der Waals surface area contributed by atoms with Gasteiger partial charge in [-0.1, -0.05) is 13.0 Å². The normalized spacial score (nSPS) is 17.7. The van der Waals surface area contributed by atoms with Gasteiger partial charge in [-0.25, -0.2) is 0 Å². The molecule has 0 saturated carbocycles. The Morgan fingerprint density at radius 3 is 2.82 bits per heavy atom. The third-order valence-electron chi connectivity index (χ3n) is 4.50. The van der Waals surface area contributed by atoms with Gasteiger partial charge in [-0.05, 0) is 37.3 Å². The number of carbonyl (C=O) groups is 1. The first kappa shape index (κ1) is 16.9. The van der Waals surface area contributed by atoms with Gasteiger partial charge in [-0.2, -0.15) is 0 Å². The highest BCUT2D eigenvalue weighted by atomic mass is 16.3. The van der Waals surface area contributed by atoms with E-state index in [-0.39, 0.29) is 18.6 Å². The number of pyridine rings is 1. The summed E-state index contributed by atoms with van der Waals surface area (Å²) in [6.07, 6.45) is 5.72. The Morgan fingerprint density at radius 2 is 2.23 bits per heavy atom. The standard InChI is InChI=1S/C17H27N3O2/c1-14-5-8-19(9-6-14)17(22)15(2)20(10-11-21)13-16-4-3-7-18-12-16/h3-4,7,12,14-15,21H,5-6,8-11,13H2,1-2H3. The van der Waals surface area contributed by atoms with Crippen molar-refractivity contribution in [3.05, 3.63) is 30.1 Å². The van der Waals surface area contributed by atoms with Crippen molar-refractivity contribution in [3.8, 4) is 0 Å². The summed E-state index contributed by atoms with van der Waals surface area (Å²) in [5, 5.41) is 9.31. The first-order valence-electron chi connectivity index (χ1n) is 8.14. The first-order valence-corrected chi connectivity index (χ1v) is 8.14. The summed E-state index contributed by atoms with van der Waals surface area (Å²) in [6.45, 7) is 7.05. The van der Waals surface area contributed by atoms with Crippen LogP contribution in [0.1, 0.15) is 32.3 Å². The number of carbonyl (C=O) groups excluding carboxylic acids is 1. The second kappa shape index (κ2) is 8.25. The molecular formula is C17H27N3O2. The Kier molecular flexibility index (Phi) is 6.34. The molecule has 1 aromatic rings. The van der Waals surface area contributed by atoms with Crippen LogP contribution in [0.15, 0.2) is 24.5 Å². The fourth-order valence-electron chi connectivity index (χ4n) is 2.91. The Bertz CT molecular complexity index is 458. The topological polar surface area (TPSA) is 56.7 Å². The lowest BCUT2D eigenvalue weighted by Crippen LogP contribution is -2.49. The van der Waals surface area contributed by atoms with Gasteiger partial charge >= 0.3 is 0 Å². The van der Waals surface area contributed by atoms with Crippen LogP contribution in [0.5, 0.6) is 0 Å². The molecule has 1 atom stereocenters. The van der Waals surface area contributed by atoms with E-state index in [9.17, 15) is 9.90 Å². The Hall–Kier alpha value is -1.46. The molecule has 1 aliphatic heterocycles. The highest BCUT2D eigenvalue weighted by molar-refractivity contribution is 5.81. The van der Waals surface area contributed by atoms with Crippen LogP contribution in [0.3, 0.4) is 0 Å². The molecule has 1 saturated heterocycles. The van der Waals surface area contributed by atoms with E-state index in [4.69, 9.17) is 0 Å². The fourth-order valence-corrected chi connectivity index (χ4v) is 2.91. The fraction of sp³-hybridized carbons (Fsp3) is 0.647. The molecule has 2 rings (SSSR count). The number of hydrogen-bond acceptors (Lipinski definition) is 4. The molecule has 1 aliphatic rings. The summed E-state index contributed by atoms with van der Waals surface area (Å²) in [5.41, 5.74) is 1.06. The van der Waals surface area contributed by atoms with E-state index in [0.717, 1.165) is 31.5 Å². The van der Waals surface area contributed by atoms with Crippen LogP contribution >= 0.6 is 0 Å². The minimum atomic E-state index is -0.222. The number of nitrogens with zero attached hydrogens (tertiary/aromatic N) is 3. The first-order chi connectivity index (χ1) is 10.6. The van der Waals surface area contributed by atoms with Gasteiger partial charge in [-0.15, -0.1) is 0 Å². The average Bonchev–Trinajstić information content (AvgIpc) is 2.55. The van der Waals surface area contributed by atoms with E-state index in [0.29, 0.717) is 19.0 Å². The van der Waals surface area contributed by atoms with Crippen LogP contribution in [-0.4, -0.2) is 58.1 Å². The number of amides is 1. The molecule has 1 unspecified atom stereocenters. The molecule has 122 valence electrons. The maximum absolute atomic E-state index is 12.7. The molecule has 1 amide bonds. The third kappa shape index (κ3) is 4.52. The monoisotopic (exact) mass is 305 g/mol. The van der Waals surface area contributed by atoms with Crippen molar-refractivity contribution in [3.63, 3.8) is 0 Å². The van der Waals surface area contributed by atoms with Gasteiger partial charge in [0.25, 0.3) is 0 Å². The molecule has 0 spiro atoms. The highest BCUT2D eigenvalue weighted by Gasteiger charge is 2.28. The summed E-state index contributed by atoms with van der Waals surface area (Å²) in [6, 6.07) is 3.67. The molecule has 0 aromatic carbocycles. The molecule has 22 heavy (non-hydrogen) atoms. The van der Waals surface area contributed by atoms with E-state index in [2.05, 4.69) is 11.9 Å². The predicted molar refractivity (Wildman–Crippen MR) is 86.2 cm³/mol. The van der Waals surface area contributed by atoms with Crippen LogP contribution in [0, 0.1) is 5.92 Å². The van der Waals surface area contributed by atoms with Crippen molar-refractivity contribution < 1.29 is 9.90 Å². The lowest BCUT2D eigenvalue weighted by molar-refractivity contribution is -0.138. The average molecular weight is 305 g/mol. The second-order valence-electron chi connectivity index (χ2n) is 6.24. The molecule has 1 aromatic heterocycles. The quantitative estimate of drug-likeness (QED) is 0.866. The van der Waals surface area contributed by atoms with Gasteiger partial charge < -0.3 is 10.0 Å². The molecule has 2 heterocycles. The summed E-state index contributed by atoms with van der Waals surface area (Å²) in [4.78, 5) is 20.8. The molecule has 5 nitrogen and oxygen atoms in total. The number of hydrogen-bond donors (Lipinski definition) is 1. The predicted octanol–water partition coefficient (Wildman–Crippen LogP) is 1.52. The van der Waals surface area contributed by atoms with Crippen LogP contribution in [-0.2, 0) is 11.3 Å². The van der Waals surface area contributed by atoms with Gasteiger partial charge in [0.1, 0.15) is 0 Å². The molecule has 0 aliphatic carbocycles. The number of aliphatic hydroxyl groups excluding tert-OH is 1. The summed E-state index contributed by atoms with van der Waals surface area (Å²) in [7, 11) is 0. The highest BCUT2D eigenvalue weighted by Crippen LogP contribution is 2.18. The number of aromatic nitrogens is 1. The van der Waals surface area contributed by atoms with Gasteiger partial charge in [0.2, 0.25) is 5.91 Å².